The van der Waals surface area contributed by atoms with Gasteiger partial charge in [0.05, 0.1) is 6.42 Å². The van der Waals surface area contributed by atoms with E-state index in [1.54, 1.807) is 29.2 Å². The third-order valence-electron chi connectivity index (χ3n) is 4.34. The Kier molecular flexibility index (Phi) is 4.46. The number of imidazole rings is 1. The van der Waals surface area contributed by atoms with Gasteiger partial charge in [0, 0.05) is 24.2 Å². The number of alkyl halides is 3. The van der Waals surface area contributed by atoms with Gasteiger partial charge in [-0.05, 0) is 17.7 Å². The highest BCUT2D eigenvalue weighted by atomic mass is 32.1. The number of fused-ring (bicyclic) bond motifs is 1. The molecule has 2 aromatic heterocycles. The van der Waals surface area contributed by atoms with E-state index < -0.39 is 11.9 Å². The molecular weight excluding hydrogens is 395 g/mol. The van der Waals surface area contributed by atoms with E-state index in [1.165, 1.54) is 6.33 Å². The molecule has 0 aliphatic carbocycles. The summed E-state index contributed by atoms with van der Waals surface area (Å²) in [5, 5.41) is 6.33. The number of rotatable bonds is 4. The number of aromatic nitrogens is 2. The predicted octanol–water partition coefficient (Wildman–Crippen LogP) is 2.54. The first kappa shape index (κ1) is 18.3. The standard InChI is InChI=1S/C17H14F3N5O2S/c18-17(19,20)12-8-28-15-14(22-9-25(12)15)23-13(26)7-10-1-3-11(4-2-10)24-6-5-21-16(24)27/h1-4,8-9H,5-7H2,(H2,21,23,26,27)/p+1. The zero-order chi connectivity index (χ0) is 19.9. The lowest BCUT2D eigenvalue weighted by Crippen LogP contribution is -2.27. The summed E-state index contributed by atoms with van der Waals surface area (Å²) in [5.74, 6) is -0.145. The number of nitrogens with zero attached hydrogens (tertiary/aromatic N) is 2. The Labute approximate surface area is 160 Å². The number of hydrogen-bond acceptors (Lipinski definition) is 3. The number of carbonyl (C=O) groups is 2. The van der Waals surface area contributed by atoms with Crippen molar-refractivity contribution >= 4 is 39.6 Å². The molecule has 1 fully saturated rings. The fourth-order valence-corrected chi connectivity index (χ4v) is 3.97. The summed E-state index contributed by atoms with van der Waals surface area (Å²) in [6.45, 7) is 1.17. The lowest BCUT2D eigenvalue weighted by atomic mass is 10.1. The largest absolute Gasteiger partial charge is 0.454 e. The Morgan fingerprint density at radius 1 is 1.29 bits per heavy atom. The van der Waals surface area contributed by atoms with Crippen LogP contribution in [0.4, 0.5) is 29.5 Å². The summed E-state index contributed by atoms with van der Waals surface area (Å²) in [6.07, 6.45) is -3.25. The maximum absolute atomic E-state index is 12.9. The molecule has 3 amide bonds. The maximum atomic E-state index is 12.9. The summed E-state index contributed by atoms with van der Waals surface area (Å²) in [6, 6.07) is 6.84. The van der Waals surface area contributed by atoms with Gasteiger partial charge in [0.2, 0.25) is 17.9 Å². The Balaban J connectivity index is 1.44. The quantitative estimate of drug-likeness (QED) is 0.578. The molecule has 28 heavy (non-hydrogen) atoms. The average Bonchev–Trinajstić information content (AvgIpc) is 3.32. The van der Waals surface area contributed by atoms with Crippen LogP contribution in [0, 0.1) is 0 Å². The van der Waals surface area contributed by atoms with Crippen LogP contribution in [0.2, 0.25) is 0 Å². The monoisotopic (exact) mass is 410 g/mol. The maximum Gasteiger partial charge on any atom is 0.454 e. The first-order valence-electron chi connectivity index (χ1n) is 8.34. The van der Waals surface area contributed by atoms with Crippen molar-refractivity contribution in [1.29, 1.82) is 0 Å². The van der Waals surface area contributed by atoms with Gasteiger partial charge in [-0.3, -0.25) is 15.0 Å². The number of nitrogens with one attached hydrogen (secondary N) is 3. The second-order valence-electron chi connectivity index (χ2n) is 6.22. The van der Waals surface area contributed by atoms with Gasteiger partial charge in [-0.25, -0.2) is 9.78 Å². The van der Waals surface area contributed by atoms with Crippen LogP contribution in [0.15, 0.2) is 36.0 Å². The minimum atomic E-state index is -4.47. The van der Waals surface area contributed by atoms with Gasteiger partial charge in [0.15, 0.2) is 0 Å². The zero-order valence-corrected chi connectivity index (χ0v) is 15.2. The van der Waals surface area contributed by atoms with E-state index in [0.29, 0.717) is 13.1 Å². The van der Waals surface area contributed by atoms with Crippen LogP contribution in [0.5, 0.6) is 0 Å². The third-order valence-corrected chi connectivity index (χ3v) is 5.30. The molecule has 0 bridgehead atoms. The van der Waals surface area contributed by atoms with Crippen molar-refractivity contribution in [2.45, 2.75) is 12.6 Å². The van der Waals surface area contributed by atoms with Crippen molar-refractivity contribution in [1.82, 2.24) is 10.3 Å². The molecule has 1 aliphatic rings. The van der Waals surface area contributed by atoms with Crippen LogP contribution in [0.1, 0.15) is 11.3 Å². The molecule has 3 heterocycles. The summed E-state index contributed by atoms with van der Waals surface area (Å²) < 4.78 is 39.8. The van der Waals surface area contributed by atoms with Crippen LogP contribution in [0.25, 0.3) is 4.83 Å². The first-order valence-corrected chi connectivity index (χ1v) is 9.22. The Morgan fingerprint density at radius 2 is 2.04 bits per heavy atom. The van der Waals surface area contributed by atoms with Crippen molar-refractivity contribution in [2.75, 3.05) is 23.3 Å². The van der Waals surface area contributed by atoms with Crippen LogP contribution in [-0.2, 0) is 17.4 Å². The van der Waals surface area contributed by atoms with Gasteiger partial charge in [0.1, 0.15) is 0 Å². The Morgan fingerprint density at radius 3 is 2.68 bits per heavy atom. The van der Waals surface area contributed by atoms with Gasteiger partial charge >= 0.3 is 12.2 Å². The molecule has 0 saturated carbocycles. The average molecular weight is 410 g/mol. The summed E-state index contributed by atoms with van der Waals surface area (Å²) in [5.41, 5.74) is 0.657. The highest BCUT2D eigenvalue weighted by Crippen LogP contribution is 2.30. The van der Waals surface area contributed by atoms with Crippen LogP contribution in [0.3, 0.4) is 0 Å². The molecule has 146 valence electrons. The second kappa shape index (κ2) is 6.82. The second-order valence-corrected chi connectivity index (χ2v) is 7.08. The molecule has 0 radical (unpaired) electrons. The number of aromatic amines is 1. The lowest BCUT2D eigenvalue weighted by molar-refractivity contribution is -0.537. The van der Waals surface area contributed by atoms with Gasteiger partial charge in [-0.15, -0.1) is 0 Å². The van der Waals surface area contributed by atoms with E-state index in [4.69, 9.17) is 0 Å². The number of thiazole rings is 1. The fraction of sp³-hybridized carbons (Fsp3) is 0.235. The van der Waals surface area contributed by atoms with Crippen molar-refractivity contribution in [3.63, 3.8) is 0 Å². The van der Waals surface area contributed by atoms with Crippen LogP contribution >= 0.6 is 11.3 Å². The SMILES string of the molecule is O=C(Cc1ccc(N2CCNC2=O)cc1)Nc1[nH]c[n+]2c(C(F)(F)F)csc12. The first-order chi connectivity index (χ1) is 13.3. The molecule has 1 aromatic carbocycles. The summed E-state index contributed by atoms with van der Waals surface area (Å²) in [4.78, 5) is 28.5. The van der Waals surface area contributed by atoms with Gasteiger partial charge in [-0.1, -0.05) is 23.5 Å². The molecule has 1 aliphatic heterocycles. The van der Waals surface area contributed by atoms with Crippen LogP contribution in [-0.4, -0.2) is 30.0 Å². The smallest absolute Gasteiger partial charge is 0.336 e. The minimum absolute atomic E-state index is 0.0508. The normalized spacial score (nSPS) is 14.5. The molecule has 4 rings (SSSR count). The number of H-pyrrole nitrogens is 1. The predicted molar refractivity (Wildman–Crippen MR) is 96.4 cm³/mol. The van der Waals surface area contributed by atoms with Crippen molar-refractivity contribution in [3.8, 4) is 0 Å². The summed E-state index contributed by atoms with van der Waals surface area (Å²) >= 11 is 0.892. The molecule has 3 N–H and O–H groups in total. The fourth-order valence-electron chi connectivity index (χ4n) is 3.01. The molecular formula is C17H15F3N5O2S+. The van der Waals surface area contributed by atoms with E-state index in [9.17, 15) is 22.8 Å². The number of amides is 3. The molecule has 0 spiro atoms. The number of hydrogen-bond donors (Lipinski definition) is 3. The van der Waals surface area contributed by atoms with E-state index in [1.807, 2.05) is 0 Å². The highest BCUT2D eigenvalue weighted by Gasteiger charge is 2.39. The Bertz CT molecular complexity index is 1040. The summed E-state index contributed by atoms with van der Waals surface area (Å²) in [7, 11) is 0. The van der Waals surface area contributed by atoms with Gasteiger partial charge in [-0.2, -0.15) is 17.6 Å². The highest BCUT2D eigenvalue weighted by molar-refractivity contribution is 7.15. The van der Waals surface area contributed by atoms with E-state index in [2.05, 4.69) is 15.6 Å². The molecule has 3 aromatic rings. The van der Waals surface area contributed by atoms with Gasteiger partial charge < -0.3 is 5.32 Å². The topological polar surface area (TPSA) is 81.3 Å². The van der Waals surface area contributed by atoms with Gasteiger partial charge in [0.25, 0.3) is 10.6 Å². The van der Waals surface area contributed by atoms with E-state index >= 15 is 0 Å². The number of carbonyl (C=O) groups excluding carboxylic acids is 2. The number of benzene rings is 1. The lowest BCUT2D eigenvalue weighted by Gasteiger charge is -2.14. The number of halogens is 3. The van der Waals surface area contributed by atoms with E-state index in [-0.39, 0.29) is 29.0 Å². The van der Waals surface area contributed by atoms with Crippen molar-refractivity contribution < 1.29 is 27.2 Å². The minimum Gasteiger partial charge on any atom is -0.336 e. The zero-order valence-electron chi connectivity index (χ0n) is 14.3. The van der Waals surface area contributed by atoms with Crippen molar-refractivity contribution in [2.24, 2.45) is 0 Å². The van der Waals surface area contributed by atoms with E-state index in [0.717, 1.165) is 32.4 Å². The van der Waals surface area contributed by atoms with Crippen molar-refractivity contribution in [3.05, 3.63) is 47.2 Å². The molecule has 11 heteroatoms. The molecule has 1 saturated heterocycles. The molecule has 0 unspecified atom stereocenters. The van der Waals surface area contributed by atoms with Crippen LogP contribution < -0.4 is 19.9 Å². The molecule has 0 atom stereocenters. The number of urea groups is 1. The number of anilines is 2. The third kappa shape index (κ3) is 3.40. The molecule has 7 nitrogen and oxygen atoms in total. The Hall–Kier alpha value is -3.08.